The molecule has 8 heteroatoms. The smallest absolute Gasteiger partial charge is 0.273 e. The molecule has 154 valence electrons. The maximum atomic E-state index is 13.4. The van der Waals surface area contributed by atoms with Crippen LogP contribution >= 0.6 is 34.8 Å². The Morgan fingerprint density at radius 1 is 0.935 bits per heavy atom. The highest BCUT2D eigenvalue weighted by molar-refractivity contribution is 6.42. The van der Waals surface area contributed by atoms with Crippen LogP contribution in [0.3, 0.4) is 0 Å². The molecule has 2 aromatic carbocycles. The van der Waals surface area contributed by atoms with Crippen LogP contribution in [-0.2, 0) is 6.54 Å². The quantitative estimate of drug-likeness (QED) is 0.388. The van der Waals surface area contributed by atoms with Crippen LogP contribution in [0.2, 0.25) is 15.1 Å². The number of aromatic amines is 1. The molecular formula is C23H15Cl3N4O. The first kappa shape index (κ1) is 20.1. The molecule has 1 atom stereocenters. The Kier molecular flexibility index (Phi) is 5.18. The maximum Gasteiger partial charge on any atom is 0.273 e. The van der Waals surface area contributed by atoms with Crippen molar-refractivity contribution in [2.75, 3.05) is 0 Å². The van der Waals surface area contributed by atoms with E-state index in [9.17, 15) is 4.79 Å². The van der Waals surface area contributed by atoms with Crippen molar-refractivity contribution in [2.45, 2.75) is 12.6 Å². The number of benzene rings is 2. The van der Waals surface area contributed by atoms with Crippen molar-refractivity contribution >= 4 is 40.7 Å². The van der Waals surface area contributed by atoms with E-state index in [-0.39, 0.29) is 11.9 Å². The SMILES string of the molecule is O=C1c2[nH]nc(-c3ccc(Cl)cc3)c2C(c2ccc(Cl)c(Cl)c2)N1Cc1ccncc1. The molecule has 5 nitrogen and oxygen atoms in total. The van der Waals surface area contributed by atoms with E-state index < -0.39 is 0 Å². The molecule has 0 radical (unpaired) electrons. The number of fused-ring (bicyclic) bond motifs is 1. The predicted molar refractivity (Wildman–Crippen MR) is 121 cm³/mol. The lowest BCUT2D eigenvalue weighted by Crippen LogP contribution is -2.29. The van der Waals surface area contributed by atoms with E-state index >= 15 is 0 Å². The third kappa shape index (κ3) is 3.59. The van der Waals surface area contributed by atoms with Gasteiger partial charge in [-0.1, -0.05) is 53.0 Å². The minimum atomic E-state index is -0.380. The largest absolute Gasteiger partial charge is 0.322 e. The third-order valence-electron chi connectivity index (χ3n) is 5.34. The van der Waals surface area contributed by atoms with Crippen LogP contribution in [-0.4, -0.2) is 26.0 Å². The van der Waals surface area contributed by atoms with Crippen molar-refractivity contribution in [1.82, 2.24) is 20.1 Å². The minimum absolute atomic E-state index is 0.129. The van der Waals surface area contributed by atoms with Crippen molar-refractivity contribution in [3.05, 3.63) is 104 Å². The maximum absolute atomic E-state index is 13.4. The van der Waals surface area contributed by atoms with E-state index in [2.05, 4.69) is 15.2 Å². The zero-order valence-electron chi connectivity index (χ0n) is 16.0. The average molecular weight is 470 g/mol. The van der Waals surface area contributed by atoms with E-state index in [0.717, 1.165) is 22.3 Å². The summed E-state index contributed by atoms with van der Waals surface area (Å²) in [5.41, 5.74) is 4.67. The first-order valence-electron chi connectivity index (χ1n) is 9.52. The second-order valence-corrected chi connectivity index (χ2v) is 8.48. The number of nitrogens with one attached hydrogen (secondary N) is 1. The summed E-state index contributed by atoms with van der Waals surface area (Å²) in [4.78, 5) is 19.3. The lowest BCUT2D eigenvalue weighted by Gasteiger charge is -2.26. The molecule has 1 amide bonds. The molecule has 0 spiro atoms. The standard InChI is InChI=1S/C23H15Cl3N4O/c24-16-4-1-14(2-5-16)20-19-21(29-28-20)23(31)30(12-13-7-9-27-10-8-13)22(19)15-3-6-17(25)18(26)11-15/h1-11,22H,12H2,(H,28,29). The molecule has 1 aliphatic rings. The number of carbonyl (C=O) groups excluding carboxylic acids is 1. The normalized spacial score (nSPS) is 15.4. The molecule has 0 saturated carbocycles. The molecule has 5 rings (SSSR count). The van der Waals surface area contributed by atoms with Gasteiger partial charge < -0.3 is 4.90 Å². The fourth-order valence-electron chi connectivity index (χ4n) is 3.90. The second kappa shape index (κ2) is 8.00. The molecule has 3 heterocycles. The number of rotatable bonds is 4. The summed E-state index contributed by atoms with van der Waals surface area (Å²) in [6.45, 7) is 0.412. The Labute approximate surface area is 193 Å². The first-order valence-corrected chi connectivity index (χ1v) is 10.7. The summed E-state index contributed by atoms with van der Waals surface area (Å²) < 4.78 is 0. The zero-order chi connectivity index (χ0) is 21.5. The Morgan fingerprint density at radius 2 is 1.68 bits per heavy atom. The van der Waals surface area contributed by atoms with Gasteiger partial charge in [0.15, 0.2) is 0 Å². The number of nitrogens with zero attached hydrogens (tertiary/aromatic N) is 3. The van der Waals surface area contributed by atoms with Crippen LogP contribution in [0.4, 0.5) is 0 Å². The summed E-state index contributed by atoms with van der Waals surface area (Å²) >= 11 is 18.5. The molecule has 0 fully saturated rings. The van der Waals surface area contributed by atoms with Crippen molar-refractivity contribution in [3.8, 4) is 11.3 Å². The fourth-order valence-corrected chi connectivity index (χ4v) is 4.33. The Balaban J connectivity index is 1.66. The van der Waals surface area contributed by atoms with Gasteiger partial charge in [0.25, 0.3) is 5.91 Å². The fraction of sp³-hybridized carbons (Fsp3) is 0.0870. The second-order valence-electron chi connectivity index (χ2n) is 7.23. The van der Waals surface area contributed by atoms with Gasteiger partial charge in [0.05, 0.1) is 21.8 Å². The topological polar surface area (TPSA) is 61.9 Å². The summed E-state index contributed by atoms with van der Waals surface area (Å²) in [5.74, 6) is -0.129. The molecule has 0 saturated heterocycles. The lowest BCUT2D eigenvalue weighted by molar-refractivity contribution is 0.0730. The predicted octanol–water partition coefficient (Wildman–Crippen LogP) is 6.18. The highest BCUT2D eigenvalue weighted by Gasteiger charge is 2.42. The number of hydrogen-bond acceptors (Lipinski definition) is 3. The number of carbonyl (C=O) groups is 1. The van der Waals surface area contributed by atoms with E-state index in [1.807, 2.05) is 30.3 Å². The molecule has 1 unspecified atom stereocenters. The molecule has 1 N–H and O–H groups in total. The number of halogens is 3. The minimum Gasteiger partial charge on any atom is -0.322 e. The van der Waals surface area contributed by atoms with E-state index in [1.165, 1.54) is 0 Å². The van der Waals surface area contributed by atoms with Crippen LogP contribution in [0.1, 0.15) is 33.2 Å². The zero-order valence-corrected chi connectivity index (χ0v) is 18.3. The Hall–Kier alpha value is -2.86. The molecule has 31 heavy (non-hydrogen) atoms. The Morgan fingerprint density at radius 3 is 2.39 bits per heavy atom. The van der Waals surface area contributed by atoms with Gasteiger partial charge >= 0.3 is 0 Å². The number of amides is 1. The highest BCUT2D eigenvalue weighted by Crippen LogP contribution is 2.44. The van der Waals surface area contributed by atoms with Crippen LogP contribution in [0, 0.1) is 0 Å². The van der Waals surface area contributed by atoms with Crippen molar-refractivity contribution in [2.24, 2.45) is 0 Å². The lowest BCUT2D eigenvalue weighted by atomic mass is 9.96. The Bertz CT molecular complexity index is 1270. The van der Waals surface area contributed by atoms with Gasteiger partial charge in [0.2, 0.25) is 0 Å². The molecular weight excluding hydrogens is 455 g/mol. The van der Waals surface area contributed by atoms with Crippen molar-refractivity contribution < 1.29 is 4.79 Å². The van der Waals surface area contributed by atoms with Crippen molar-refractivity contribution in [3.63, 3.8) is 0 Å². The molecule has 0 aliphatic carbocycles. The van der Waals surface area contributed by atoms with Gasteiger partial charge in [-0.05, 0) is 47.5 Å². The van der Waals surface area contributed by atoms with Crippen molar-refractivity contribution in [1.29, 1.82) is 0 Å². The number of pyridine rings is 1. The average Bonchev–Trinajstić information content (AvgIpc) is 3.31. The summed E-state index contributed by atoms with van der Waals surface area (Å²) in [5, 5.41) is 8.93. The molecule has 4 aromatic rings. The first-order chi connectivity index (χ1) is 15.0. The number of hydrogen-bond donors (Lipinski definition) is 1. The summed E-state index contributed by atoms with van der Waals surface area (Å²) in [7, 11) is 0. The van der Waals surface area contributed by atoms with Gasteiger partial charge in [-0.3, -0.25) is 14.9 Å². The van der Waals surface area contributed by atoms with Gasteiger partial charge in [-0.25, -0.2) is 0 Å². The van der Waals surface area contributed by atoms with E-state index in [1.54, 1.807) is 41.6 Å². The van der Waals surface area contributed by atoms with Crippen LogP contribution in [0.15, 0.2) is 67.0 Å². The molecule has 1 aliphatic heterocycles. The van der Waals surface area contributed by atoms with E-state index in [0.29, 0.717) is 33.0 Å². The van der Waals surface area contributed by atoms with Gasteiger partial charge in [0, 0.05) is 35.1 Å². The molecule has 2 aromatic heterocycles. The summed E-state index contributed by atoms with van der Waals surface area (Å²) in [6.07, 6.45) is 3.42. The molecule has 0 bridgehead atoms. The van der Waals surface area contributed by atoms with E-state index in [4.69, 9.17) is 34.8 Å². The van der Waals surface area contributed by atoms with Crippen LogP contribution in [0.5, 0.6) is 0 Å². The van der Waals surface area contributed by atoms with Gasteiger partial charge in [-0.15, -0.1) is 0 Å². The monoisotopic (exact) mass is 468 g/mol. The highest BCUT2D eigenvalue weighted by atomic mass is 35.5. The van der Waals surface area contributed by atoms with Crippen LogP contribution < -0.4 is 0 Å². The van der Waals surface area contributed by atoms with Crippen LogP contribution in [0.25, 0.3) is 11.3 Å². The van der Waals surface area contributed by atoms with Gasteiger partial charge in [-0.2, -0.15) is 5.10 Å². The van der Waals surface area contributed by atoms with Gasteiger partial charge in [0.1, 0.15) is 5.69 Å². The number of aromatic nitrogens is 3. The summed E-state index contributed by atoms with van der Waals surface area (Å²) in [6, 6.07) is 16.2. The number of H-pyrrole nitrogens is 1. The third-order valence-corrected chi connectivity index (χ3v) is 6.33.